The first-order valence-corrected chi connectivity index (χ1v) is 9.73. The van der Waals surface area contributed by atoms with Crippen LogP contribution in [0.3, 0.4) is 0 Å². The number of hydrogen-bond acceptors (Lipinski definition) is 2. The van der Waals surface area contributed by atoms with Gasteiger partial charge in [0.25, 0.3) is 0 Å². The predicted octanol–water partition coefficient (Wildman–Crippen LogP) is 5.71. The van der Waals surface area contributed by atoms with Crippen molar-refractivity contribution in [2.24, 2.45) is 0 Å². The van der Waals surface area contributed by atoms with E-state index in [-0.39, 0.29) is 4.90 Å². The Labute approximate surface area is 153 Å². The molecule has 0 spiro atoms. The minimum Gasteiger partial charge on any atom is -0.223 e. The molecule has 126 valence electrons. The van der Waals surface area contributed by atoms with E-state index < -0.39 is 15.1 Å². The molecule has 0 radical (unpaired) electrons. The van der Waals surface area contributed by atoms with Gasteiger partial charge in [0.05, 0.1) is 4.90 Å². The van der Waals surface area contributed by atoms with Gasteiger partial charge in [-0.25, -0.2) is 8.42 Å². The number of rotatable bonds is 5. The Kier molecular flexibility index (Phi) is 5.07. The minimum atomic E-state index is -3.71. The molecule has 3 rings (SSSR count). The third kappa shape index (κ3) is 3.39. The lowest BCUT2D eigenvalue weighted by molar-refractivity contribution is 0.590. The summed E-state index contributed by atoms with van der Waals surface area (Å²) < 4.78 is 26.8. The molecule has 0 aliphatic rings. The topological polar surface area (TPSA) is 34.1 Å². The van der Waals surface area contributed by atoms with Crippen LogP contribution in [0.1, 0.15) is 10.8 Å². The highest BCUT2D eigenvalue weighted by molar-refractivity contribution is 7.92. The van der Waals surface area contributed by atoms with E-state index >= 15 is 0 Å². The van der Waals surface area contributed by atoms with Crippen LogP contribution in [0.25, 0.3) is 11.1 Å². The van der Waals surface area contributed by atoms with Crippen LogP contribution < -0.4 is 0 Å². The summed E-state index contributed by atoms with van der Waals surface area (Å²) >= 11 is 6.24. The molecule has 4 heteroatoms. The molecule has 0 aliphatic carbocycles. The standard InChI is InChI=1S/C21H17ClO2S/c1-2-20(18-13-6-8-14-19(18)22)25(23,24)21-15-9-7-12-17(21)16-10-4-3-5-11-16/h2-15,20H,1H2. The van der Waals surface area contributed by atoms with Crippen LogP contribution >= 0.6 is 11.6 Å². The van der Waals surface area contributed by atoms with Gasteiger partial charge in [-0.15, -0.1) is 6.58 Å². The smallest absolute Gasteiger partial charge is 0.189 e. The summed E-state index contributed by atoms with van der Waals surface area (Å²) in [7, 11) is -3.71. The van der Waals surface area contributed by atoms with Crippen molar-refractivity contribution in [3.8, 4) is 11.1 Å². The minimum absolute atomic E-state index is 0.269. The largest absolute Gasteiger partial charge is 0.223 e. The highest BCUT2D eigenvalue weighted by Gasteiger charge is 2.30. The molecular formula is C21H17ClO2S. The molecule has 25 heavy (non-hydrogen) atoms. The van der Waals surface area contributed by atoms with Crippen LogP contribution in [-0.4, -0.2) is 8.42 Å². The molecule has 0 saturated heterocycles. The molecule has 0 heterocycles. The van der Waals surface area contributed by atoms with Gasteiger partial charge in [-0.1, -0.05) is 84.4 Å². The van der Waals surface area contributed by atoms with Crippen molar-refractivity contribution in [1.29, 1.82) is 0 Å². The van der Waals surface area contributed by atoms with Gasteiger partial charge in [0.15, 0.2) is 9.84 Å². The second-order valence-corrected chi connectivity index (χ2v) is 8.03. The van der Waals surface area contributed by atoms with Gasteiger partial charge in [-0.2, -0.15) is 0 Å². The van der Waals surface area contributed by atoms with E-state index in [1.165, 1.54) is 6.08 Å². The molecule has 3 aromatic rings. The first-order valence-electron chi connectivity index (χ1n) is 7.81. The average molecular weight is 369 g/mol. The van der Waals surface area contributed by atoms with Crippen molar-refractivity contribution in [2.75, 3.05) is 0 Å². The Morgan fingerprint density at radius 2 is 1.44 bits per heavy atom. The van der Waals surface area contributed by atoms with Gasteiger partial charge < -0.3 is 0 Å². The second-order valence-electron chi connectivity index (χ2n) is 5.59. The summed E-state index contributed by atoms with van der Waals surface area (Å²) in [5.41, 5.74) is 2.05. The van der Waals surface area contributed by atoms with Crippen LogP contribution in [0.2, 0.25) is 5.02 Å². The van der Waals surface area contributed by atoms with Crippen molar-refractivity contribution in [1.82, 2.24) is 0 Å². The summed E-state index contributed by atoms with van der Waals surface area (Å²) in [6.07, 6.45) is 1.43. The monoisotopic (exact) mass is 368 g/mol. The first kappa shape index (κ1) is 17.5. The van der Waals surface area contributed by atoms with E-state index in [2.05, 4.69) is 6.58 Å². The summed E-state index contributed by atoms with van der Waals surface area (Å²) in [6, 6.07) is 23.4. The molecule has 0 saturated carbocycles. The molecule has 0 amide bonds. The lowest BCUT2D eigenvalue weighted by atomic mass is 10.1. The van der Waals surface area contributed by atoms with Gasteiger partial charge in [0.1, 0.15) is 5.25 Å². The average Bonchev–Trinajstić information content (AvgIpc) is 2.64. The van der Waals surface area contributed by atoms with E-state index in [9.17, 15) is 8.42 Å². The Morgan fingerprint density at radius 3 is 2.12 bits per heavy atom. The molecular weight excluding hydrogens is 352 g/mol. The molecule has 1 atom stereocenters. The van der Waals surface area contributed by atoms with E-state index in [1.54, 1.807) is 36.4 Å². The summed E-state index contributed by atoms with van der Waals surface area (Å²) in [5, 5.41) is -0.501. The third-order valence-electron chi connectivity index (χ3n) is 4.04. The van der Waals surface area contributed by atoms with E-state index in [0.29, 0.717) is 16.1 Å². The van der Waals surface area contributed by atoms with Gasteiger partial charge in [0.2, 0.25) is 0 Å². The Morgan fingerprint density at radius 1 is 0.840 bits per heavy atom. The van der Waals surface area contributed by atoms with Crippen molar-refractivity contribution in [3.63, 3.8) is 0 Å². The van der Waals surface area contributed by atoms with Gasteiger partial charge in [-0.05, 0) is 23.3 Å². The molecule has 0 aliphatic heterocycles. The SMILES string of the molecule is C=CC(c1ccccc1Cl)S(=O)(=O)c1ccccc1-c1ccccc1. The maximum Gasteiger partial charge on any atom is 0.189 e. The highest BCUT2D eigenvalue weighted by atomic mass is 35.5. The lowest BCUT2D eigenvalue weighted by Gasteiger charge is -2.18. The predicted molar refractivity (Wildman–Crippen MR) is 103 cm³/mol. The quantitative estimate of drug-likeness (QED) is 0.540. The maximum atomic E-state index is 13.4. The zero-order chi connectivity index (χ0) is 17.9. The normalized spacial score (nSPS) is 12.5. The summed E-state index contributed by atoms with van der Waals surface area (Å²) in [6.45, 7) is 3.73. The summed E-state index contributed by atoms with van der Waals surface area (Å²) in [4.78, 5) is 0.269. The fraction of sp³-hybridized carbons (Fsp3) is 0.0476. The van der Waals surface area contributed by atoms with E-state index in [4.69, 9.17) is 11.6 Å². The first-order chi connectivity index (χ1) is 12.1. The van der Waals surface area contributed by atoms with Gasteiger partial charge in [0, 0.05) is 10.6 Å². The molecule has 3 aromatic carbocycles. The van der Waals surface area contributed by atoms with E-state index in [1.807, 2.05) is 42.5 Å². The third-order valence-corrected chi connectivity index (χ3v) is 6.47. The fourth-order valence-corrected chi connectivity index (χ4v) is 4.98. The maximum absolute atomic E-state index is 13.4. The van der Waals surface area contributed by atoms with Crippen LogP contribution in [0.5, 0.6) is 0 Å². The second kappa shape index (κ2) is 7.26. The van der Waals surface area contributed by atoms with Crippen molar-refractivity contribution < 1.29 is 8.42 Å². The number of benzene rings is 3. The lowest BCUT2D eigenvalue weighted by Crippen LogP contribution is -2.13. The zero-order valence-corrected chi connectivity index (χ0v) is 15.0. The van der Waals surface area contributed by atoms with Crippen molar-refractivity contribution >= 4 is 21.4 Å². The van der Waals surface area contributed by atoms with Crippen LogP contribution in [0.15, 0.2) is 96.4 Å². The van der Waals surface area contributed by atoms with Gasteiger partial charge in [-0.3, -0.25) is 0 Å². The van der Waals surface area contributed by atoms with Crippen LogP contribution in [-0.2, 0) is 9.84 Å². The molecule has 0 bridgehead atoms. The molecule has 0 aromatic heterocycles. The molecule has 1 unspecified atom stereocenters. The Hall–Kier alpha value is -2.36. The molecule has 0 N–H and O–H groups in total. The van der Waals surface area contributed by atoms with E-state index in [0.717, 1.165) is 5.56 Å². The number of hydrogen-bond donors (Lipinski definition) is 0. The van der Waals surface area contributed by atoms with Crippen molar-refractivity contribution in [3.05, 3.63) is 102 Å². The summed E-state index contributed by atoms with van der Waals surface area (Å²) in [5.74, 6) is 0. The van der Waals surface area contributed by atoms with Gasteiger partial charge >= 0.3 is 0 Å². The zero-order valence-electron chi connectivity index (χ0n) is 13.5. The van der Waals surface area contributed by atoms with Crippen LogP contribution in [0.4, 0.5) is 0 Å². The van der Waals surface area contributed by atoms with Crippen molar-refractivity contribution in [2.45, 2.75) is 10.1 Å². The molecule has 2 nitrogen and oxygen atoms in total. The fourth-order valence-electron chi connectivity index (χ4n) is 2.83. The van der Waals surface area contributed by atoms with Crippen LogP contribution in [0, 0.1) is 0 Å². The Bertz CT molecular complexity index is 995. The molecule has 0 fully saturated rings. The number of halogens is 1. The number of sulfone groups is 1. The highest BCUT2D eigenvalue weighted by Crippen LogP contribution is 2.37. The Balaban J connectivity index is 2.19.